The average Bonchev–Trinajstić information content (AvgIpc) is 2.62. The van der Waals surface area contributed by atoms with Crippen molar-refractivity contribution in [3.63, 3.8) is 0 Å². The molecule has 0 saturated carbocycles. The normalized spacial score (nSPS) is 11.8. The predicted molar refractivity (Wildman–Crippen MR) is 93.8 cm³/mol. The van der Waals surface area contributed by atoms with Crippen LogP contribution in [-0.2, 0) is 15.8 Å². The zero-order chi connectivity index (χ0) is 20.9. The van der Waals surface area contributed by atoms with Gasteiger partial charge in [-0.1, -0.05) is 18.2 Å². The summed E-state index contributed by atoms with van der Waals surface area (Å²) in [5.74, 6) is 2.39. The zero-order valence-corrected chi connectivity index (χ0v) is 14.2. The second-order valence-corrected chi connectivity index (χ2v) is 5.59. The second-order valence-electron chi connectivity index (χ2n) is 5.59. The number of nitrogens with one attached hydrogen (secondary N) is 1. The Morgan fingerprint density at radius 1 is 1.04 bits per heavy atom. The fraction of sp³-hybridized carbons (Fsp3) is 0.111. The topological polar surface area (TPSA) is 122 Å². The molecule has 2 aromatic rings. The Balaban J connectivity index is 2.08. The summed E-state index contributed by atoms with van der Waals surface area (Å²) in [6.45, 7) is 0. The molecule has 2 rings (SSSR count). The van der Waals surface area contributed by atoms with Crippen LogP contribution in [0.25, 0.3) is 0 Å². The number of carboxylic acids is 1. The first-order valence-corrected chi connectivity index (χ1v) is 7.73. The third-order valence-electron chi connectivity index (χ3n) is 3.59. The lowest BCUT2D eigenvalue weighted by molar-refractivity contribution is -0.137. The van der Waals surface area contributed by atoms with E-state index in [-0.39, 0.29) is 22.5 Å². The molecule has 0 aliphatic carbocycles. The summed E-state index contributed by atoms with van der Waals surface area (Å²) in [6, 6.07) is 9.04. The Hall–Kier alpha value is -3.69. The molecule has 0 unspecified atom stereocenters. The number of aromatic carboxylic acids is 1. The molecule has 146 valence electrons. The van der Waals surface area contributed by atoms with E-state index in [1.54, 1.807) is 0 Å². The van der Waals surface area contributed by atoms with Crippen molar-refractivity contribution in [2.45, 2.75) is 12.6 Å². The summed E-state index contributed by atoms with van der Waals surface area (Å²) >= 11 is 0. The van der Waals surface area contributed by atoms with E-state index in [1.807, 2.05) is 0 Å². The number of carboxylic acid groups (broad SMARTS) is 1. The van der Waals surface area contributed by atoms with E-state index in [4.69, 9.17) is 10.9 Å². The van der Waals surface area contributed by atoms with E-state index in [0.29, 0.717) is 0 Å². The van der Waals surface area contributed by atoms with Gasteiger partial charge < -0.3 is 16.3 Å². The van der Waals surface area contributed by atoms with E-state index < -0.39 is 35.8 Å². The zero-order valence-electron chi connectivity index (χ0n) is 14.2. The fourth-order valence-corrected chi connectivity index (χ4v) is 2.29. The van der Waals surface area contributed by atoms with Gasteiger partial charge in [-0.15, -0.1) is 0 Å². The molecule has 0 aliphatic heterocycles. The van der Waals surface area contributed by atoms with Gasteiger partial charge in [0.05, 0.1) is 17.5 Å². The SMILES string of the molecule is N/N=C(/C(=O)CC(=O)Nc1cccc(C(F)(F)F)c1)c1ccc(C(=O)O)cc1. The summed E-state index contributed by atoms with van der Waals surface area (Å²) in [5.41, 5.74) is -1.15. The monoisotopic (exact) mass is 393 g/mol. The average molecular weight is 393 g/mol. The van der Waals surface area contributed by atoms with E-state index >= 15 is 0 Å². The first-order chi connectivity index (χ1) is 13.1. The molecule has 10 heteroatoms. The third-order valence-corrected chi connectivity index (χ3v) is 3.59. The summed E-state index contributed by atoms with van der Waals surface area (Å²) in [6.07, 6.45) is -5.29. The Morgan fingerprint density at radius 2 is 1.64 bits per heavy atom. The fourth-order valence-electron chi connectivity index (χ4n) is 2.29. The molecule has 2 aromatic carbocycles. The number of rotatable bonds is 6. The molecule has 7 nitrogen and oxygen atoms in total. The maximum atomic E-state index is 12.7. The Bertz CT molecular complexity index is 938. The highest BCUT2D eigenvalue weighted by molar-refractivity contribution is 6.48. The molecule has 0 aliphatic rings. The highest BCUT2D eigenvalue weighted by Crippen LogP contribution is 2.30. The van der Waals surface area contributed by atoms with Gasteiger partial charge in [0.15, 0.2) is 5.78 Å². The van der Waals surface area contributed by atoms with Crippen LogP contribution in [0.2, 0.25) is 0 Å². The molecule has 1 amide bonds. The number of halogens is 3. The van der Waals surface area contributed by atoms with Crippen LogP contribution in [0.5, 0.6) is 0 Å². The Morgan fingerprint density at radius 3 is 2.18 bits per heavy atom. The minimum absolute atomic E-state index is 0.0186. The number of carbonyl (C=O) groups is 3. The summed E-state index contributed by atoms with van der Waals surface area (Å²) in [4.78, 5) is 35.1. The van der Waals surface area contributed by atoms with Gasteiger partial charge in [0.25, 0.3) is 0 Å². The van der Waals surface area contributed by atoms with Crippen LogP contribution in [-0.4, -0.2) is 28.5 Å². The molecule has 0 aromatic heterocycles. The summed E-state index contributed by atoms with van der Waals surface area (Å²) in [7, 11) is 0. The highest BCUT2D eigenvalue weighted by atomic mass is 19.4. The molecule has 0 spiro atoms. The van der Waals surface area contributed by atoms with E-state index in [2.05, 4.69) is 10.4 Å². The van der Waals surface area contributed by atoms with Crippen LogP contribution in [0.15, 0.2) is 53.6 Å². The molecule has 28 heavy (non-hydrogen) atoms. The molecule has 4 N–H and O–H groups in total. The van der Waals surface area contributed by atoms with Gasteiger partial charge >= 0.3 is 12.1 Å². The van der Waals surface area contributed by atoms with Gasteiger partial charge in [0, 0.05) is 11.3 Å². The molecular weight excluding hydrogens is 379 g/mol. The molecule has 0 bridgehead atoms. The van der Waals surface area contributed by atoms with Crippen LogP contribution in [0, 0.1) is 0 Å². The third kappa shape index (κ3) is 5.16. The predicted octanol–water partition coefficient (Wildman–Crippen LogP) is 2.66. The van der Waals surface area contributed by atoms with Crippen LogP contribution in [0.3, 0.4) is 0 Å². The van der Waals surface area contributed by atoms with Gasteiger partial charge in [0.1, 0.15) is 5.71 Å². The van der Waals surface area contributed by atoms with Crippen LogP contribution in [0.1, 0.15) is 27.9 Å². The quantitative estimate of drug-likeness (QED) is 0.301. The molecule has 0 saturated heterocycles. The van der Waals surface area contributed by atoms with E-state index in [0.717, 1.165) is 18.2 Å². The number of Topliss-reactive ketones (excluding diaryl/α,β-unsaturated/α-hetero) is 1. The lowest BCUT2D eigenvalue weighted by Crippen LogP contribution is -2.24. The van der Waals surface area contributed by atoms with Crippen LogP contribution < -0.4 is 11.2 Å². The minimum Gasteiger partial charge on any atom is -0.478 e. The van der Waals surface area contributed by atoms with E-state index in [9.17, 15) is 27.6 Å². The van der Waals surface area contributed by atoms with Crippen LogP contribution >= 0.6 is 0 Å². The number of nitrogens with two attached hydrogens (primary N) is 1. The van der Waals surface area contributed by atoms with Crippen molar-refractivity contribution >= 4 is 29.1 Å². The molecule has 0 fully saturated rings. The Labute approximate surface area is 156 Å². The van der Waals surface area contributed by atoms with Crippen molar-refractivity contribution in [1.82, 2.24) is 0 Å². The largest absolute Gasteiger partial charge is 0.478 e. The standard InChI is InChI=1S/C18H14F3N3O4/c19-18(20,21)12-2-1-3-13(8-12)23-15(26)9-14(25)16(24-22)10-4-6-11(7-5-10)17(27)28/h1-8H,9,22H2,(H,23,26)(H,27,28)/b24-16+. The maximum absolute atomic E-state index is 12.7. The van der Waals surface area contributed by atoms with Gasteiger partial charge in [-0.2, -0.15) is 18.3 Å². The Kier molecular flexibility index (Phi) is 6.14. The first kappa shape index (κ1) is 20.6. The molecule has 0 heterocycles. The smallest absolute Gasteiger partial charge is 0.416 e. The summed E-state index contributed by atoms with van der Waals surface area (Å²) < 4.78 is 38.1. The van der Waals surface area contributed by atoms with Crippen molar-refractivity contribution in [1.29, 1.82) is 0 Å². The van der Waals surface area contributed by atoms with Crippen molar-refractivity contribution < 1.29 is 32.7 Å². The molecular formula is C18H14F3N3O4. The van der Waals surface area contributed by atoms with Gasteiger partial charge in [-0.05, 0) is 30.3 Å². The number of alkyl halides is 3. The lowest BCUT2D eigenvalue weighted by Gasteiger charge is -2.10. The first-order valence-electron chi connectivity index (χ1n) is 7.73. The highest BCUT2D eigenvalue weighted by Gasteiger charge is 2.30. The number of hydrazone groups is 1. The lowest BCUT2D eigenvalue weighted by atomic mass is 10.0. The van der Waals surface area contributed by atoms with E-state index in [1.165, 1.54) is 30.3 Å². The van der Waals surface area contributed by atoms with Crippen molar-refractivity contribution in [2.75, 3.05) is 5.32 Å². The number of carbonyl (C=O) groups excluding carboxylic acids is 2. The number of hydrogen-bond acceptors (Lipinski definition) is 5. The van der Waals surface area contributed by atoms with Gasteiger partial charge in [-0.3, -0.25) is 9.59 Å². The molecule has 0 atom stereocenters. The number of ketones is 1. The van der Waals surface area contributed by atoms with Gasteiger partial charge in [0.2, 0.25) is 5.91 Å². The maximum Gasteiger partial charge on any atom is 0.416 e. The summed E-state index contributed by atoms with van der Waals surface area (Å²) in [5, 5.41) is 14.4. The van der Waals surface area contributed by atoms with Crippen molar-refractivity contribution in [2.24, 2.45) is 10.9 Å². The number of nitrogens with zero attached hydrogens (tertiary/aromatic N) is 1. The van der Waals surface area contributed by atoms with Crippen molar-refractivity contribution in [3.05, 3.63) is 65.2 Å². The minimum atomic E-state index is -4.57. The van der Waals surface area contributed by atoms with Crippen LogP contribution in [0.4, 0.5) is 18.9 Å². The molecule has 0 radical (unpaired) electrons. The number of hydrogen-bond donors (Lipinski definition) is 3. The number of amides is 1. The second kappa shape index (κ2) is 8.33. The van der Waals surface area contributed by atoms with Crippen molar-refractivity contribution in [3.8, 4) is 0 Å². The number of anilines is 1. The number of benzene rings is 2. The van der Waals surface area contributed by atoms with Gasteiger partial charge in [-0.25, -0.2) is 4.79 Å².